The van der Waals surface area contributed by atoms with E-state index < -0.39 is 0 Å². The third-order valence-corrected chi connectivity index (χ3v) is 3.99. The maximum absolute atomic E-state index is 12.1. The number of hydrogen-bond donors (Lipinski definition) is 1. The van der Waals surface area contributed by atoms with E-state index in [1.54, 1.807) is 16.9 Å². The Labute approximate surface area is 151 Å². The summed E-state index contributed by atoms with van der Waals surface area (Å²) in [5.74, 6) is 1.01. The van der Waals surface area contributed by atoms with E-state index in [2.05, 4.69) is 10.4 Å². The molecule has 25 heavy (non-hydrogen) atoms. The first-order chi connectivity index (χ1) is 12.1. The van der Waals surface area contributed by atoms with Gasteiger partial charge in [0.2, 0.25) is 0 Å². The minimum atomic E-state index is -0.248. The van der Waals surface area contributed by atoms with Gasteiger partial charge in [0.1, 0.15) is 11.6 Å². The van der Waals surface area contributed by atoms with Gasteiger partial charge in [0, 0.05) is 11.1 Å². The SMILES string of the molecule is Cc1cccc(OCC(=O)Nc2ccnn2Cc2ccccc2Cl)c1. The summed E-state index contributed by atoms with van der Waals surface area (Å²) in [4.78, 5) is 12.1. The van der Waals surface area contributed by atoms with E-state index >= 15 is 0 Å². The van der Waals surface area contributed by atoms with Gasteiger partial charge in [0.15, 0.2) is 6.61 Å². The molecule has 1 heterocycles. The fraction of sp³-hybridized carbons (Fsp3) is 0.158. The summed E-state index contributed by atoms with van der Waals surface area (Å²) in [6.07, 6.45) is 1.63. The topological polar surface area (TPSA) is 56.1 Å². The van der Waals surface area contributed by atoms with E-state index in [0.29, 0.717) is 23.1 Å². The predicted molar refractivity (Wildman–Crippen MR) is 98.1 cm³/mol. The van der Waals surface area contributed by atoms with Gasteiger partial charge in [-0.15, -0.1) is 0 Å². The van der Waals surface area contributed by atoms with Gasteiger partial charge < -0.3 is 10.1 Å². The molecule has 0 saturated carbocycles. The van der Waals surface area contributed by atoms with Gasteiger partial charge in [-0.2, -0.15) is 5.10 Å². The number of halogens is 1. The van der Waals surface area contributed by atoms with Crippen molar-refractivity contribution in [3.05, 3.63) is 76.9 Å². The minimum Gasteiger partial charge on any atom is -0.484 e. The van der Waals surface area contributed by atoms with Crippen LogP contribution in [0.3, 0.4) is 0 Å². The molecule has 0 fully saturated rings. The first-order valence-corrected chi connectivity index (χ1v) is 8.24. The molecule has 1 aromatic heterocycles. The van der Waals surface area contributed by atoms with Crippen LogP contribution in [0.1, 0.15) is 11.1 Å². The zero-order valence-corrected chi connectivity index (χ0v) is 14.5. The molecular weight excluding hydrogens is 338 g/mol. The quantitative estimate of drug-likeness (QED) is 0.729. The van der Waals surface area contributed by atoms with Crippen molar-refractivity contribution in [3.63, 3.8) is 0 Å². The summed E-state index contributed by atoms with van der Waals surface area (Å²) < 4.78 is 7.20. The van der Waals surface area contributed by atoms with Gasteiger partial charge in [-0.05, 0) is 36.2 Å². The molecule has 0 aliphatic carbocycles. The molecule has 0 saturated heterocycles. The smallest absolute Gasteiger partial charge is 0.263 e. The van der Waals surface area contributed by atoms with Gasteiger partial charge in [-0.3, -0.25) is 4.79 Å². The third kappa shape index (κ3) is 4.61. The molecule has 0 atom stereocenters. The number of hydrogen-bond acceptors (Lipinski definition) is 3. The molecule has 3 rings (SSSR count). The molecular formula is C19H18ClN3O2. The van der Waals surface area contributed by atoms with E-state index in [0.717, 1.165) is 11.1 Å². The largest absolute Gasteiger partial charge is 0.484 e. The van der Waals surface area contributed by atoms with Gasteiger partial charge in [0.05, 0.1) is 12.7 Å². The van der Waals surface area contributed by atoms with Crippen molar-refractivity contribution >= 4 is 23.3 Å². The Bertz CT molecular complexity index is 876. The second-order valence-corrected chi connectivity index (χ2v) is 6.03. The Kier molecular flexibility index (Phi) is 5.36. The number of rotatable bonds is 6. The third-order valence-electron chi connectivity index (χ3n) is 3.62. The first kappa shape index (κ1) is 17.0. The highest BCUT2D eigenvalue weighted by Gasteiger charge is 2.10. The normalized spacial score (nSPS) is 10.5. The predicted octanol–water partition coefficient (Wildman–Crippen LogP) is 3.91. The summed E-state index contributed by atoms with van der Waals surface area (Å²) in [5.41, 5.74) is 2.01. The van der Waals surface area contributed by atoms with Gasteiger partial charge >= 0.3 is 0 Å². The number of anilines is 1. The molecule has 0 aliphatic heterocycles. The van der Waals surface area contributed by atoms with Gasteiger partial charge in [-0.1, -0.05) is 41.9 Å². The average Bonchev–Trinajstić information content (AvgIpc) is 3.02. The van der Waals surface area contributed by atoms with Crippen LogP contribution in [0.5, 0.6) is 5.75 Å². The maximum Gasteiger partial charge on any atom is 0.263 e. The lowest BCUT2D eigenvalue weighted by atomic mass is 10.2. The van der Waals surface area contributed by atoms with Crippen LogP contribution in [0.2, 0.25) is 5.02 Å². The highest BCUT2D eigenvalue weighted by atomic mass is 35.5. The molecule has 0 radical (unpaired) electrons. The first-order valence-electron chi connectivity index (χ1n) is 7.86. The molecule has 1 amide bonds. The summed E-state index contributed by atoms with van der Waals surface area (Å²) in [5, 5.41) is 7.71. The van der Waals surface area contributed by atoms with Crippen LogP contribution in [-0.4, -0.2) is 22.3 Å². The maximum atomic E-state index is 12.1. The number of benzene rings is 2. The number of ether oxygens (including phenoxy) is 1. The Morgan fingerprint density at radius 2 is 2.04 bits per heavy atom. The number of nitrogens with one attached hydrogen (secondary N) is 1. The number of aromatic nitrogens is 2. The second-order valence-electron chi connectivity index (χ2n) is 5.62. The highest BCUT2D eigenvalue weighted by Crippen LogP contribution is 2.18. The monoisotopic (exact) mass is 355 g/mol. The molecule has 2 aromatic carbocycles. The number of carbonyl (C=O) groups excluding carboxylic acids is 1. The van der Waals surface area contributed by atoms with Crippen molar-refractivity contribution in [3.8, 4) is 5.75 Å². The van der Waals surface area contributed by atoms with Crippen molar-refractivity contribution in [1.29, 1.82) is 0 Å². The molecule has 0 aliphatic rings. The zero-order chi connectivity index (χ0) is 17.6. The van der Waals surface area contributed by atoms with E-state index in [9.17, 15) is 4.79 Å². The van der Waals surface area contributed by atoms with Crippen LogP contribution in [0.15, 0.2) is 60.8 Å². The zero-order valence-electron chi connectivity index (χ0n) is 13.8. The van der Waals surface area contributed by atoms with Crippen molar-refractivity contribution in [2.75, 3.05) is 11.9 Å². The lowest BCUT2D eigenvalue weighted by Crippen LogP contribution is -2.22. The summed E-state index contributed by atoms with van der Waals surface area (Å²) in [7, 11) is 0. The number of amides is 1. The van der Waals surface area contributed by atoms with E-state index in [4.69, 9.17) is 16.3 Å². The van der Waals surface area contributed by atoms with E-state index in [-0.39, 0.29) is 12.5 Å². The summed E-state index contributed by atoms with van der Waals surface area (Å²) >= 11 is 6.18. The Morgan fingerprint density at radius 1 is 1.20 bits per heavy atom. The van der Waals surface area contributed by atoms with Gasteiger partial charge in [-0.25, -0.2) is 4.68 Å². The highest BCUT2D eigenvalue weighted by molar-refractivity contribution is 6.31. The van der Waals surface area contributed by atoms with Crippen LogP contribution in [0, 0.1) is 6.92 Å². The van der Waals surface area contributed by atoms with Crippen molar-refractivity contribution < 1.29 is 9.53 Å². The lowest BCUT2D eigenvalue weighted by molar-refractivity contribution is -0.118. The number of carbonyl (C=O) groups is 1. The molecule has 3 aromatic rings. The molecule has 5 nitrogen and oxygen atoms in total. The van der Waals surface area contributed by atoms with E-state index in [1.807, 2.05) is 55.5 Å². The van der Waals surface area contributed by atoms with Gasteiger partial charge in [0.25, 0.3) is 5.91 Å². The fourth-order valence-corrected chi connectivity index (χ4v) is 2.58. The molecule has 0 unspecified atom stereocenters. The Hall–Kier alpha value is -2.79. The molecule has 0 spiro atoms. The summed E-state index contributed by atoms with van der Waals surface area (Å²) in [6, 6.07) is 16.9. The molecule has 1 N–H and O–H groups in total. The number of nitrogens with zero attached hydrogens (tertiary/aromatic N) is 2. The lowest BCUT2D eigenvalue weighted by Gasteiger charge is -2.11. The van der Waals surface area contributed by atoms with Crippen LogP contribution < -0.4 is 10.1 Å². The summed E-state index contributed by atoms with van der Waals surface area (Å²) in [6.45, 7) is 2.38. The average molecular weight is 356 g/mol. The van der Waals surface area contributed by atoms with Crippen LogP contribution in [-0.2, 0) is 11.3 Å². The standard InChI is InChI=1S/C19H18ClN3O2/c1-14-5-4-7-16(11-14)25-13-19(24)22-18-9-10-21-23(18)12-15-6-2-3-8-17(15)20/h2-11H,12-13H2,1H3,(H,22,24). The Morgan fingerprint density at radius 3 is 2.84 bits per heavy atom. The van der Waals surface area contributed by atoms with Crippen molar-refractivity contribution in [2.45, 2.75) is 13.5 Å². The van der Waals surface area contributed by atoms with Crippen LogP contribution >= 0.6 is 11.6 Å². The number of aryl methyl sites for hydroxylation is 1. The second kappa shape index (κ2) is 7.85. The minimum absolute atomic E-state index is 0.0687. The Balaban J connectivity index is 1.61. The van der Waals surface area contributed by atoms with E-state index in [1.165, 1.54) is 0 Å². The van der Waals surface area contributed by atoms with Crippen LogP contribution in [0.4, 0.5) is 5.82 Å². The van der Waals surface area contributed by atoms with Crippen molar-refractivity contribution in [1.82, 2.24) is 9.78 Å². The molecule has 6 heteroatoms. The molecule has 0 bridgehead atoms. The molecule has 128 valence electrons. The fourth-order valence-electron chi connectivity index (χ4n) is 2.39. The van der Waals surface area contributed by atoms with Crippen molar-refractivity contribution in [2.24, 2.45) is 0 Å². The van der Waals surface area contributed by atoms with Crippen LogP contribution in [0.25, 0.3) is 0 Å².